The number of anilines is 3. The zero-order valence-corrected chi connectivity index (χ0v) is 15.6. The van der Waals surface area contributed by atoms with Crippen molar-refractivity contribution in [2.45, 2.75) is 69.6 Å². The van der Waals surface area contributed by atoms with Crippen LogP contribution in [0.4, 0.5) is 17.6 Å². The Morgan fingerprint density at radius 2 is 1.81 bits per heavy atom. The minimum atomic E-state index is 0.480. The van der Waals surface area contributed by atoms with Gasteiger partial charge in [-0.3, -0.25) is 5.10 Å². The van der Waals surface area contributed by atoms with Crippen LogP contribution in [-0.4, -0.2) is 24.8 Å². The first kappa shape index (κ1) is 16.6. The third kappa shape index (κ3) is 3.38. The lowest BCUT2D eigenvalue weighted by Crippen LogP contribution is -2.08. The first-order valence-electron chi connectivity index (χ1n) is 10.2. The molecule has 2 aliphatic rings. The van der Waals surface area contributed by atoms with Crippen molar-refractivity contribution < 1.29 is 0 Å². The Morgan fingerprint density at radius 1 is 1.04 bits per heavy atom. The molecule has 3 heterocycles. The molecular weight excluding hydrogens is 338 g/mol. The van der Waals surface area contributed by atoms with Crippen molar-refractivity contribution in [2.24, 2.45) is 0 Å². The molecule has 0 amide bonds. The maximum absolute atomic E-state index is 6.36. The molecular formula is C20H27N7. The van der Waals surface area contributed by atoms with E-state index < -0.39 is 0 Å². The maximum Gasteiger partial charge on any atom is 0.248 e. The fourth-order valence-corrected chi connectivity index (χ4v) is 4.34. The third-order valence-electron chi connectivity index (χ3n) is 5.97. The van der Waals surface area contributed by atoms with Crippen LogP contribution in [0.5, 0.6) is 0 Å². The number of aromatic nitrogens is 5. The zero-order valence-electron chi connectivity index (χ0n) is 15.6. The summed E-state index contributed by atoms with van der Waals surface area (Å²) >= 11 is 0. The van der Waals surface area contributed by atoms with E-state index in [0.29, 0.717) is 23.6 Å². The SMILES string of the molecule is Nc1nc(Nc2cc(C3CC3)[nH]n2)nn2ccc(C3CCCCCCC3)c12. The van der Waals surface area contributed by atoms with Crippen LogP contribution in [0.1, 0.15) is 80.9 Å². The molecule has 7 nitrogen and oxygen atoms in total. The highest BCUT2D eigenvalue weighted by Crippen LogP contribution is 2.40. The number of nitrogens with two attached hydrogens (primary N) is 1. The number of hydrogen-bond acceptors (Lipinski definition) is 5. The van der Waals surface area contributed by atoms with E-state index in [4.69, 9.17) is 5.73 Å². The summed E-state index contributed by atoms with van der Waals surface area (Å²) < 4.78 is 1.87. The largest absolute Gasteiger partial charge is 0.382 e. The minimum Gasteiger partial charge on any atom is -0.382 e. The molecule has 0 spiro atoms. The van der Waals surface area contributed by atoms with Gasteiger partial charge in [0.2, 0.25) is 5.95 Å². The van der Waals surface area contributed by atoms with Gasteiger partial charge in [-0.15, -0.1) is 5.10 Å². The summed E-state index contributed by atoms with van der Waals surface area (Å²) in [4.78, 5) is 4.52. The van der Waals surface area contributed by atoms with Gasteiger partial charge in [0, 0.05) is 23.9 Å². The highest BCUT2D eigenvalue weighted by atomic mass is 15.3. The molecule has 3 aromatic rings. The number of aromatic amines is 1. The second kappa shape index (κ2) is 6.87. The van der Waals surface area contributed by atoms with Crippen molar-refractivity contribution in [3.05, 3.63) is 29.6 Å². The molecule has 7 heteroatoms. The summed E-state index contributed by atoms with van der Waals surface area (Å²) in [6.45, 7) is 0. The van der Waals surface area contributed by atoms with Gasteiger partial charge in [-0.2, -0.15) is 10.1 Å². The standard InChI is InChI=1S/C20H27N7/c21-19-18-15(13-6-4-2-1-3-5-7-13)10-11-27(18)26-20(23-19)22-17-12-16(24-25-17)14-8-9-14/h10-14H,1-9H2,(H4,21,22,23,24,25,26). The lowest BCUT2D eigenvalue weighted by Gasteiger charge is -2.19. The number of nitrogens with one attached hydrogen (secondary N) is 2. The van der Waals surface area contributed by atoms with Crippen molar-refractivity contribution in [3.63, 3.8) is 0 Å². The van der Waals surface area contributed by atoms with Crippen LogP contribution in [-0.2, 0) is 0 Å². The highest BCUT2D eigenvalue weighted by molar-refractivity contribution is 5.72. The number of H-pyrrole nitrogens is 1. The molecule has 0 radical (unpaired) electrons. The predicted octanol–water partition coefficient (Wildman–Crippen LogP) is 4.48. The van der Waals surface area contributed by atoms with Crippen molar-refractivity contribution in [1.82, 2.24) is 24.8 Å². The average Bonchev–Trinajstić information content (AvgIpc) is 3.22. The Morgan fingerprint density at radius 3 is 2.59 bits per heavy atom. The normalized spacial score (nSPS) is 19.1. The van der Waals surface area contributed by atoms with E-state index in [9.17, 15) is 0 Å². The van der Waals surface area contributed by atoms with Crippen LogP contribution in [0, 0.1) is 0 Å². The summed E-state index contributed by atoms with van der Waals surface area (Å²) in [5.41, 5.74) is 9.80. The van der Waals surface area contributed by atoms with Gasteiger partial charge in [0.1, 0.15) is 5.52 Å². The van der Waals surface area contributed by atoms with Gasteiger partial charge in [0.05, 0.1) is 0 Å². The van der Waals surface area contributed by atoms with Gasteiger partial charge in [0.25, 0.3) is 0 Å². The van der Waals surface area contributed by atoms with Crippen molar-refractivity contribution >= 4 is 23.1 Å². The van der Waals surface area contributed by atoms with Crippen molar-refractivity contribution in [2.75, 3.05) is 11.1 Å². The molecule has 0 atom stereocenters. The van der Waals surface area contributed by atoms with Gasteiger partial charge in [-0.1, -0.05) is 32.1 Å². The van der Waals surface area contributed by atoms with Crippen LogP contribution in [0.15, 0.2) is 18.3 Å². The van der Waals surface area contributed by atoms with E-state index in [-0.39, 0.29) is 0 Å². The van der Waals surface area contributed by atoms with E-state index in [1.807, 2.05) is 16.8 Å². The fourth-order valence-electron chi connectivity index (χ4n) is 4.34. The second-order valence-corrected chi connectivity index (χ2v) is 8.03. The molecule has 2 fully saturated rings. The summed E-state index contributed by atoms with van der Waals surface area (Å²) in [7, 11) is 0. The molecule has 3 aromatic heterocycles. The third-order valence-corrected chi connectivity index (χ3v) is 5.97. The Hall–Kier alpha value is -2.57. The van der Waals surface area contributed by atoms with Gasteiger partial charge >= 0.3 is 0 Å². The first-order chi connectivity index (χ1) is 13.3. The molecule has 0 aliphatic heterocycles. The minimum absolute atomic E-state index is 0.480. The summed E-state index contributed by atoms with van der Waals surface area (Å²) in [6, 6.07) is 4.22. The van der Waals surface area contributed by atoms with Crippen LogP contribution >= 0.6 is 0 Å². The molecule has 142 valence electrons. The Bertz CT molecular complexity index is 929. The number of hydrogen-bond donors (Lipinski definition) is 3. The Kier molecular flexibility index (Phi) is 4.22. The lowest BCUT2D eigenvalue weighted by molar-refractivity contribution is 0.457. The number of fused-ring (bicyclic) bond motifs is 1. The lowest BCUT2D eigenvalue weighted by atomic mass is 9.86. The van der Waals surface area contributed by atoms with Crippen LogP contribution < -0.4 is 11.1 Å². The molecule has 0 aromatic carbocycles. The van der Waals surface area contributed by atoms with Gasteiger partial charge < -0.3 is 11.1 Å². The molecule has 5 rings (SSSR count). The summed E-state index contributed by atoms with van der Waals surface area (Å²) in [5.74, 6) is 2.95. The Balaban J connectivity index is 1.41. The smallest absolute Gasteiger partial charge is 0.248 e. The van der Waals surface area contributed by atoms with Crippen molar-refractivity contribution in [3.8, 4) is 0 Å². The van der Waals surface area contributed by atoms with Crippen LogP contribution in [0.25, 0.3) is 5.52 Å². The van der Waals surface area contributed by atoms with Gasteiger partial charge in [-0.25, -0.2) is 4.52 Å². The molecule has 27 heavy (non-hydrogen) atoms. The molecule has 4 N–H and O–H groups in total. The van der Waals surface area contributed by atoms with Gasteiger partial charge in [-0.05, 0) is 43.2 Å². The molecule has 2 saturated carbocycles. The number of rotatable bonds is 4. The van der Waals surface area contributed by atoms with E-state index >= 15 is 0 Å². The quantitative estimate of drug-likeness (QED) is 0.633. The van der Waals surface area contributed by atoms with E-state index in [0.717, 1.165) is 11.3 Å². The van der Waals surface area contributed by atoms with Crippen LogP contribution in [0.2, 0.25) is 0 Å². The summed E-state index contributed by atoms with van der Waals surface area (Å²) in [6.07, 6.45) is 13.6. The van der Waals surface area contributed by atoms with E-state index in [1.54, 1.807) is 0 Å². The fraction of sp³-hybridized carbons (Fsp3) is 0.550. The number of nitrogens with zero attached hydrogens (tertiary/aromatic N) is 4. The van der Waals surface area contributed by atoms with Crippen LogP contribution in [0.3, 0.4) is 0 Å². The number of nitrogen functional groups attached to an aromatic ring is 1. The molecule has 0 bridgehead atoms. The second-order valence-electron chi connectivity index (χ2n) is 8.03. The van der Waals surface area contributed by atoms with Crippen molar-refractivity contribution in [1.29, 1.82) is 0 Å². The maximum atomic E-state index is 6.36. The molecule has 0 unspecified atom stereocenters. The predicted molar refractivity (Wildman–Crippen MR) is 106 cm³/mol. The first-order valence-corrected chi connectivity index (χ1v) is 10.2. The molecule has 0 saturated heterocycles. The van der Waals surface area contributed by atoms with Gasteiger partial charge in [0.15, 0.2) is 11.6 Å². The summed E-state index contributed by atoms with van der Waals surface area (Å²) in [5, 5.41) is 15.2. The highest BCUT2D eigenvalue weighted by Gasteiger charge is 2.26. The Labute approximate surface area is 158 Å². The monoisotopic (exact) mass is 365 g/mol. The zero-order chi connectivity index (χ0) is 18.2. The van der Waals surface area contributed by atoms with E-state index in [1.165, 1.54) is 69.0 Å². The topological polar surface area (TPSA) is 96.9 Å². The average molecular weight is 365 g/mol. The van der Waals surface area contributed by atoms with E-state index in [2.05, 4.69) is 31.7 Å². The molecule has 2 aliphatic carbocycles.